The Hall–Kier alpha value is -2.94. The monoisotopic (exact) mass is 431 g/mol. The minimum atomic E-state index is -1.03. The molecule has 1 aromatic rings. The highest BCUT2D eigenvalue weighted by molar-refractivity contribution is 5.97. The highest BCUT2D eigenvalue weighted by Gasteiger charge is 2.46. The Bertz CT molecular complexity index is 826. The number of morpholine rings is 1. The molecule has 31 heavy (non-hydrogen) atoms. The number of amides is 3. The quantitative estimate of drug-likeness (QED) is 0.629. The Balaban J connectivity index is 1.59. The first-order valence-electron chi connectivity index (χ1n) is 10.6. The third kappa shape index (κ3) is 5.61. The number of primary amides is 1. The van der Waals surface area contributed by atoms with E-state index in [1.807, 2.05) is 0 Å². The standard InChI is InChI=1S/C22H29N3O6/c1-15(20(28)24-17-6-4-16(5-7-17)19(23)27)31-21(29)22(8-2-3-9-22)14-18(26)25-10-12-30-13-11-25/h4-7,15H,2-3,8-14H2,1H3,(H2,23,27)(H,24,28)/t15-/m1/s1. The summed E-state index contributed by atoms with van der Waals surface area (Å²) in [6.07, 6.45) is 1.90. The molecule has 2 aliphatic rings. The van der Waals surface area contributed by atoms with Crippen molar-refractivity contribution in [1.82, 2.24) is 4.90 Å². The van der Waals surface area contributed by atoms with Crippen LogP contribution in [0.1, 0.15) is 49.4 Å². The number of carbonyl (C=O) groups excluding carboxylic acids is 4. The van der Waals surface area contributed by atoms with E-state index in [1.54, 1.807) is 17.0 Å². The molecular weight excluding hydrogens is 402 g/mol. The van der Waals surface area contributed by atoms with Gasteiger partial charge in [-0.15, -0.1) is 0 Å². The van der Waals surface area contributed by atoms with Crippen molar-refractivity contribution in [2.24, 2.45) is 11.1 Å². The van der Waals surface area contributed by atoms with Gasteiger partial charge in [0.05, 0.1) is 18.6 Å². The number of hydrogen-bond acceptors (Lipinski definition) is 6. The van der Waals surface area contributed by atoms with Crippen molar-refractivity contribution in [3.63, 3.8) is 0 Å². The van der Waals surface area contributed by atoms with Crippen LogP contribution in [0, 0.1) is 5.41 Å². The van der Waals surface area contributed by atoms with E-state index in [4.69, 9.17) is 15.2 Å². The van der Waals surface area contributed by atoms with Crippen LogP contribution in [-0.2, 0) is 23.9 Å². The van der Waals surface area contributed by atoms with Gasteiger partial charge in [0.15, 0.2) is 6.10 Å². The second-order valence-electron chi connectivity index (χ2n) is 8.14. The topological polar surface area (TPSA) is 128 Å². The molecule has 1 saturated heterocycles. The summed E-state index contributed by atoms with van der Waals surface area (Å²) in [5.74, 6) is -1.63. The average Bonchev–Trinajstić information content (AvgIpc) is 3.24. The maximum atomic E-state index is 13.0. The molecule has 0 aromatic heterocycles. The molecule has 1 aliphatic carbocycles. The van der Waals surface area contributed by atoms with Crippen LogP contribution in [0.4, 0.5) is 5.69 Å². The van der Waals surface area contributed by atoms with Crippen LogP contribution < -0.4 is 11.1 Å². The van der Waals surface area contributed by atoms with Gasteiger partial charge >= 0.3 is 5.97 Å². The molecule has 9 nitrogen and oxygen atoms in total. The summed E-state index contributed by atoms with van der Waals surface area (Å²) in [7, 11) is 0. The van der Waals surface area contributed by atoms with Crippen LogP contribution in [0.25, 0.3) is 0 Å². The Kier molecular flexibility index (Phi) is 7.27. The lowest BCUT2D eigenvalue weighted by atomic mass is 9.82. The average molecular weight is 431 g/mol. The molecular formula is C22H29N3O6. The fourth-order valence-corrected chi connectivity index (χ4v) is 4.02. The summed E-state index contributed by atoms with van der Waals surface area (Å²) < 4.78 is 10.8. The second-order valence-corrected chi connectivity index (χ2v) is 8.14. The van der Waals surface area contributed by atoms with E-state index in [0.29, 0.717) is 50.4 Å². The third-order valence-electron chi connectivity index (χ3n) is 5.94. The maximum absolute atomic E-state index is 13.0. The molecule has 2 fully saturated rings. The zero-order chi connectivity index (χ0) is 22.4. The number of ether oxygens (including phenoxy) is 2. The SMILES string of the molecule is C[C@@H](OC(=O)C1(CC(=O)N2CCOCC2)CCCC1)C(=O)Nc1ccc(C(N)=O)cc1. The van der Waals surface area contributed by atoms with Crippen molar-refractivity contribution in [3.05, 3.63) is 29.8 Å². The van der Waals surface area contributed by atoms with Gasteiger partial charge in [-0.25, -0.2) is 0 Å². The lowest BCUT2D eigenvalue weighted by molar-refractivity contribution is -0.166. The largest absolute Gasteiger partial charge is 0.452 e. The van der Waals surface area contributed by atoms with Crippen LogP contribution >= 0.6 is 0 Å². The summed E-state index contributed by atoms with van der Waals surface area (Å²) in [6.45, 7) is 3.55. The first-order valence-corrected chi connectivity index (χ1v) is 10.6. The summed E-state index contributed by atoms with van der Waals surface area (Å²) in [4.78, 5) is 51.1. The molecule has 3 amide bonds. The number of nitrogens with two attached hydrogens (primary N) is 1. The van der Waals surface area contributed by atoms with Gasteiger partial charge < -0.3 is 25.4 Å². The lowest BCUT2D eigenvalue weighted by Gasteiger charge is -2.32. The Morgan fingerprint density at radius 1 is 1.13 bits per heavy atom. The van der Waals surface area contributed by atoms with Crippen LogP contribution in [0.3, 0.4) is 0 Å². The van der Waals surface area contributed by atoms with Crippen molar-refractivity contribution >= 4 is 29.4 Å². The van der Waals surface area contributed by atoms with Crippen LogP contribution in [-0.4, -0.2) is 61.0 Å². The van der Waals surface area contributed by atoms with Crippen molar-refractivity contribution < 1.29 is 28.7 Å². The van der Waals surface area contributed by atoms with E-state index in [-0.39, 0.29) is 12.3 Å². The number of esters is 1. The molecule has 0 spiro atoms. The Labute approximate surface area is 181 Å². The van der Waals surface area contributed by atoms with Crippen LogP contribution in [0.2, 0.25) is 0 Å². The number of hydrogen-bond donors (Lipinski definition) is 2. The van der Waals surface area contributed by atoms with Crippen LogP contribution in [0.15, 0.2) is 24.3 Å². The van der Waals surface area contributed by atoms with Gasteiger partial charge in [0, 0.05) is 30.8 Å². The van der Waals surface area contributed by atoms with E-state index in [1.165, 1.54) is 19.1 Å². The summed E-state index contributed by atoms with van der Waals surface area (Å²) >= 11 is 0. The lowest BCUT2D eigenvalue weighted by Crippen LogP contribution is -2.45. The number of anilines is 1. The predicted molar refractivity (Wildman–Crippen MR) is 112 cm³/mol. The number of carbonyl (C=O) groups is 4. The van der Waals surface area contributed by atoms with E-state index in [0.717, 1.165) is 12.8 Å². The van der Waals surface area contributed by atoms with Crippen molar-refractivity contribution in [1.29, 1.82) is 0 Å². The molecule has 1 atom stereocenters. The summed E-state index contributed by atoms with van der Waals surface area (Å²) in [6, 6.07) is 6.09. The number of nitrogens with zero attached hydrogens (tertiary/aromatic N) is 1. The van der Waals surface area contributed by atoms with Gasteiger partial charge in [-0.2, -0.15) is 0 Å². The number of rotatable bonds is 7. The predicted octanol–water partition coefficient (Wildman–Crippen LogP) is 1.47. The molecule has 3 rings (SSSR count). The fraction of sp³-hybridized carbons (Fsp3) is 0.545. The minimum Gasteiger partial charge on any atom is -0.452 e. The number of nitrogens with one attached hydrogen (secondary N) is 1. The molecule has 1 heterocycles. The molecule has 0 unspecified atom stereocenters. The van der Waals surface area contributed by atoms with E-state index >= 15 is 0 Å². The third-order valence-corrected chi connectivity index (χ3v) is 5.94. The van der Waals surface area contributed by atoms with E-state index in [2.05, 4.69) is 5.32 Å². The normalized spacial score (nSPS) is 18.8. The second kappa shape index (κ2) is 9.91. The highest BCUT2D eigenvalue weighted by Crippen LogP contribution is 2.43. The first-order chi connectivity index (χ1) is 14.8. The van der Waals surface area contributed by atoms with Crippen molar-refractivity contribution in [2.75, 3.05) is 31.6 Å². The molecule has 1 saturated carbocycles. The zero-order valence-electron chi connectivity index (χ0n) is 17.7. The van der Waals surface area contributed by atoms with Gasteiger partial charge in [-0.05, 0) is 44.0 Å². The van der Waals surface area contributed by atoms with E-state index in [9.17, 15) is 19.2 Å². The first kappa shape index (κ1) is 22.7. The van der Waals surface area contributed by atoms with Gasteiger partial charge in [-0.1, -0.05) is 12.8 Å². The molecule has 3 N–H and O–H groups in total. The summed E-state index contributed by atoms with van der Waals surface area (Å²) in [5, 5.41) is 2.65. The summed E-state index contributed by atoms with van der Waals surface area (Å²) in [5.41, 5.74) is 5.10. The number of benzene rings is 1. The van der Waals surface area contributed by atoms with Crippen molar-refractivity contribution in [3.8, 4) is 0 Å². The molecule has 0 bridgehead atoms. The molecule has 168 valence electrons. The van der Waals surface area contributed by atoms with Crippen LogP contribution in [0.5, 0.6) is 0 Å². The Morgan fingerprint density at radius 2 is 1.74 bits per heavy atom. The van der Waals surface area contributed by atoms with Gasteiger partial charge in [-0.3, -0.25) is 19.2 Å². The Morgan fingerprint density at radius 3 is 2.32 bits per heavy atom. The van der Waals surface area contributed by atoms with Crippen molar-refractivity contribution in [2.45, 2.75) is 45.1 Å². The van der Waals surface area contributed by atoms with Gasteiger partial charge in [0.25, 0.3) is 5.91 Å². The highest BCUT2D eigenvalue weighted by atomic mass is 16.5. The smallest absolute Gasteiger partial charge is 0.313 e. The molecule has 0 radical (unpaired) electrons. The molecule has 9 heteroatoms. The fourth-order valence-electron chi connectivity index (χ4n) is 4.02. The molecule has 1 aliphatic heterocycles. The van der Waals surface area contributed by atoms with Gasteiger partial charge in [0.2, 0.25) is 11.8 Å². The van der Waals surface area contributed by atoms with Gasteiger partial charge in [0.1, 0.15) is 0 Å². The molecule has 1 aromatic carbocycles. The zero-order valence-corrected chi connectivity index (χ0v) is 17.7. The van der Waals surface area contributed by atoms with E-state index < -0.39 is 29.3 Å². The minimum absolute atomic E-state index is 0.0752. The maximum Gasteiger partial charge on any atom is 0.313 e.